The number of piperidine rings is 1. The van der Waals surface area contributed by atoms with Crippen LogP contribution in [0.1, 0.15) is 58.8 Å². The first-order chi connectivity index (χ1) is 10.1. The van der Waals surface area contributed by atoms with Gasteiger partial charge in [0.2, 0.25) is 5.91 Å². The number of carbonyl (C=O) groups is 2. The van der Waals surface area contributed by atoms with Crippen LogP contribution in [0.3, 0.4) is 0 Å². The van der Waals surface area contributed by atoms with E-state index in [1.807, 2.05) is 0 Å². The van der Waals surface area contributed by atoms with Crippen LogP contribution >= 0.6 is 11.6 Å². The van der Waals surface area contributed by atoms with E-state index in [9.17, 15) is 9.59 Å². The Kier molecular flexibility index (Phi) is 8.74. The molecule has 0 spiro atoms. The Bertz CT molecular complexity index is 325. The largest absolute Gasteiger partial charge is 0.465 e. The van der Waals surface area contributed by atoms with Gasteiger partial charge in [-0.1, -0.05) is 32.6 Å². The van der Waals surface area contributed by atoms with Gasteiger partial charge in [-0.25, -0.2) is 0 Å². The summed E-state index contributed by atoms with van der Waals surface area (Å²) < 4.78 is 5.34. The molecule has 0 aromatic heterocycles. The van der Waals surface area contributed by atoms with Crippen LogP contribution in [0, 0.1) is 5.92 Å². The van der Waals surface area contributed by atoms with Crippen molar-refractivity contribution in [2.24, 2.45) is 5.92 Å². The number of alkyl halides is 1. The minimum Gasteiger partial charge on any atom is -0.465 e. The summed E-state index contributed by atoms with van der Waals surface area (Å²) in [5.41, 5.74) is 0. The summed E-state index contributed by atoms with van der Waals surface area (Å²) in [5, 5.41) is -0.489. The van der Waals surface area contributed by atoms with E-state index in [-0.39, 0.29) is 17.8 Å². The predicted molar refractivity (Wildman–Crippen MR) is 84.3 cm³/mol. The zero-order valence-corrected chi connectivity index (χ0v) is 14.0. The van der Waals surface area contributed by atoms with Crippen molar-refractivity contribution in [2.45, 2.75) is 64.2 Å². The average Bonchev–Trinajstić information content (AvgIpc) is 2.49. The molecule has 1 aliphatic rings. The van der Waals surface area contributed by atoms with Gasteiger partial charge in [-0.15, -0.1) is 11.6 Å². The van der Waals surface area contributed by atoms with Crippen LogP contribution in [0.2, 0.25) is 0 Å². The molecule has 1 amide bonds. The maximum atomic E-state index is 11.9. The first-order valence-electron chi connectivity index (χ1n) is 8.15. The Labute approximate surface area is 133 Å². The molecule has 0 aromatic carbocycles. The number of nitrogens with zero attached hydrogens (tertiary/aromatic N) is 1. The lowest BCUT2D eigenvalue weighted by Gasteiger charge is -2.31. The van der Waals surface area contributed by atoms with E-state index < -0.39 is 5.38 Å². The fourth-order valence-corrected chi connectivity index (χ4v) is 2.72. The number of hydrogen-bond donors (Lipinski definition) is 0. The summed E-state index contributed by atoms with van der Waals surface area (Å²) in [6.07, 6.45) is 7.13. The monoisotopic (exact) mass is 317 g/mol. The number of hydrogen-bond acceptors (Lipinski definition) is 3. The van der Waals surface area contributed by atoms with Gasteiger partial charge in [0, 0.05) is 13.1 Å². The fraction of sp³-hybridized carbons (Fsp3) is 0.875. The summed E-state index contributed by atoms with van der Waals surface area (Å²) in [4.78, 5) is 25.4. The van der Waals surface area contributed by atoms with Gasteiger partial charge in [-0.2, -0.15) is 0 Å². The molecule has 122 valence electrons. The van der Waals surface area contributed by atoms with Gasteiger partial charge in [-0.3, -0.25) is 9.59 Å². The fourth-order valence-electron chi connectivity index (χ4n) is 2.58. The van der Waals surface area contributed by atoms with E-state index in [1.165, 1.54) is 19.3 Å². The van der Waals surface area contributed by atoms with Crippen molar-refractivity contribution in [1.29, 1.82) is 0 Å². The Morgan fingerprint density at radius 1 is 1.19 bits per heavy atom. The van der Waals surface area contributed by atoms with Crippen LogP contribution in [0.25, 0.3) is 0 Å². The molecular weight excluding hydrogens is 290 g/mol. The summed E-state index contributed by atoms with van der Waals surface area (Å²) >= 11 is 5.80. The van der Waals surface area contributed by atoms with Gasteiger partial charge in [0.05, 0.1) is 12.5 Å². The number of amides is 1. The molecule has 5 heteroatoms. The number of likely N-dealkylation sites (tertiary alicyclic amines) is 1. The topological polar surface area (TPSA) is 46.6 Å². The summed E-state index contributed by atoms with van der Waals surface area (Å²) in [6.45, 7) is 5.60. The number of carbonyl (C=O) groups excluding carboxylic acids is 2. The number of halogens is 1. The van der Waals surface area contributed by atoms with Crippen LogP contribution < -0.4 is 0 Å². The second kappa shape index (κ2) is 10.0. The van der Waals surface area contributed by atoms with Crippen LogP contribution in [-0.4, -0.2) is 41.8 Å². The quantitative estimate of drug-likeness (QED) is 0.392. The molecule has 1 rings (SSSR count). The van der Waals surface area contributed by atoms with Gasteiger partial charge < -0.3 is 9.64 Å². The van der Waals surface area contributed by atoms with E-state index in [0.29, 0.717) is 32.5 Å². The van der Waals surface area contributed by atoms with E-state index in [2.05, 4.69) is 6.92 Å². The van der Waals surface area contributed by atoms with Crippen molar-refractivity contribution in [3.05, 3.63) is 0 Å². The number of unbranched alkanes of at least 4 members (excludes halogenated alkanes) is 4. The van der Waals surface area contributed by atoms with Crippen molar-refractivity contribution in [2.75, 3.05) is 19.7 Å². The molecule has 0 saturated carbocycles. The minimum atomic E-state index is -0.489. The van der Waals surface area contributed by atoms with E-state index in [4.69, 9.17) is 16.3 Å². The van der Waals surface area contributed by atoms with Crippen LogP contribution in [-0.2, 0) is 14.3 Å². The number of esters is 1. The summed E-state index contributed by atoms with van der Waals surface area (Å²) in [6, 6.07) is 0. The van der Waals surface area contributed by atoms with Crippen molar-refractivity contribution in [1.82, 2.24) is 4.90 Å². The molecule has 0 radical (unpaired) electrons. The van der Waals surface area contributed by atoms with Gasteiger partial charge >= 0.3 is 5.97 Å². The lowest BCUT2D eigenvalue weighted by Crippen LogP contribution is -2.43. The normalized spacial score (nSPS) is 17.6. The number of ether oxygens (including phenoxy) is 1. The highest BCUT2D eigenvalue weighted by Gasteiger charge is 2.29. The van der Waals surface area contributed by atoms with Crippen LogP contribution in [0.4, 0.5) is 0 Å². The highest BCUT2D eigenvalue weighted by molar-refractivity contribution is 6.30. The van der Waals surface area contributed by atoms with Crippen molar-refractivity contribution in [3.63, 3.8) is 0 Å². The van der Waals surface area contributed by atoms with Gasteiger partial charge in [0.25, 0.3) is 0 Å². The predicted octanol–water partition coefficient (Wildman–Crippen LogP) is 3.37. The Balaban J connectivity index is 2.16. The smallest absolute Gasteiger partial charge is 0.309 e. The second-order valence-corrected chi connectivity index (χ2v) is 6.45. The molecule has 21 heavy (non-hydrogen) atoms. The molecule has 1 atom stereocenters. The minimum absolute atomic E-state index is 0.0422. The zero-order valence-electron chi connectivity index (χ0n) is 13.3. The first-order valence-corrected chi connectivity index (χ1v) is 8.59. The lowest BCUT2D eigenvalue weighted by molar-refractivity contribution is -0.151. The maximum absolute atomic E-state index is 11.9. The highest BCUT2D eigenvalue weighted by Crippen LogP contribution is 2.20. The molecule has 0 N–H and O–H groups in total. The molecule has 0 bridgehead atoms. The molecule has 1 unspecified atom stereocenters. The molecule has 1 saturated heterocycles. The van der Waals surface area contributed by atoms with E-state index in [1.54, 1.807) is 11.8 Å². The third-order valence-corrected chi connectivity index (χ3v) is 4.16. The van der Waals surface area contributed by atoms with Crippen molar-refractivity contribution in [3.8, 4) is 0 Å². The molecule has 1 heterocycles. The molecule has 4 nitrogen and oxygen atoms in total. The highest BCUT2D eigenvalue weighted by atomic mass is 35.5. The van der Waals surface area contributed by atoms with E-state index >= 15 is 0 Å². The molecule has 0 aliphatic carbocycles. The first kappa shape index (κ1) is 18.3. The lowest BCUT2D eigenvalue weighted by atomic mass is 9.97. The standard InChI is InChI=1S/C16H28ClNO3/c1-3-4-5-6-7-12-21-16(20)14-8-10-18(11-9-14)15(19)13(2)17/h13-14H,3-12H2,1-2H3. The Morgan fingerprint density at radius 3 is 2.38 bits per heavy atom. The SMILES string of the molecule is CCCCCCCOC(=O)C1CCN(C(=O)C(C)Cl)CC1. The maximum Gasteiger partial charge on any atom is 0.309 e. The molecule has 0 aromatic rings. The Hall–Kier alpha value is -0.770. The third-order valence-electron chi connectivity index (χ3n) is 3.97. The third kappa shape index (κ3) is 6.68. The van der Waals surface area contributed by atoms with Gasteiger partial charge in [0.1, 0.15) is 5.38 Å². The van der Waals surface area contributed by atoms with Crippen LogP contribution in [0.15, 0.2) is 0 Å². The van der Waals surface area contributed by atoms with E-state index in [0.717, 1.165) is 12.8 Å². The Morgan fingerprint density at radius 2 is 1.81 bits per heavy atom. The molecule has 1 aliphatic heterocycles. The average molecular weight is 318 g/mol. The zero-order chi connectivity index (χ0) is 15.7. The van der Waals surface area contributed by atoms with Crippen LogP contribution in [0.5, 0.6) is 0 Å². The molecular formula is C16H28ClNO3. The summed E-state index contributed by atoms with van der Waals surface area (Å²) in [5.74, 6) is -0.203. The van der Waals surface area contributed by atoms with Gasteiger partial charge in [-0.05, 0) is 26.2 Å². The number of rotatable bonds is 8. The summed E-state index contributed by atoms with van der Waals surface area (Å²) in [7, 11) is 0. The molecule has 1 fully saturated rings. The van der Waals surface area contributed by atoms with Crippen molar-refractivity contribution < 1.29 is 14.3 Å². The second-order valence-electron chi connectivity index (χ2n) is 5.80. The van der Waals surface area contributed by atoms with Gasteiger partial charge in [0.15, 0.2) is 0 Å². The van der Waals surface area contributed by atoms with Crippen molar-refractivity contribution >= 4 is 23.5 Å².